The molecule has 0 fully saturated rings. The lowest BCUT2D eigenvalue weighted by Crippen LogP contribution is -2.01. The van der Waals surface area contributed by atoms with Crippen molar-refractivity contribution < 1.29 is 9.53 Å². The number of aromatic nitrogens is 2. The van der Waals surface area contributed by atoms with E-state index in [1.54, 1.807) is 12.1 Å². The molecule has 1 aromatic heterocycles. The molecule has 0 amide bonds. The summed E-state index contributed by atoms with van der Waals surface area (Å²) >= 11 is 1.50. The second-order valence-electron chi connectivity index (χ2n) is 4.12. The smallest absolute Gasteiger partial charge is 0.308 e. The predicted molar refractivity (Wildman–Crippen MR) is 79.6 cm³/mol. The van der Waals surface area contributed by atoms with Gasteiger partial charge in [0.25, 0.3) is 0 Å². The Kier molecular flexibility index (Phi) is 4.57. The van der Waals surface area contributed by atoms with Crippen LogP contribution in [0.25, 0.3) is 0 Å². The Balaban J connectivity index is 2.13. The van der Waals surface area contributed by atoms with Crippen molar-refractivity contribution in [2.24, 2.45) is 0 Å². The zero-order chi connectivity index (χ0) is 14.5. The number of rotatable bonds is 4. The maximum absolute atomic E-state index is 10.8. The topological polar surface area (TPSA) is 64.1 Å². The van der Waals surface area contributed by atoms with Crippen LogP contribution in [0.2, 0.25) is 0 Å². The number of hydrogen-bond acceptors (Lipinski definition) is 6. The molecule has 0 aliphatic heterocycles. The second kappa shape index (κ2) is 6.38. The summed E-state index contributed by atoms with van der Waals surface area (Å²) in [4.78, 5) is 19.5. The number of benzene rings is 1. The van der Waals surface area contributed by atoms with E-state index in [9.17, 15) is 4.79 Å². The molecule has 2 aromatic rings. The van der Waals surface area contributed by atoms with Gasteiger partial charge in [0.15, 0.2) is 5.16 Å². The summed E-state index contributed by atoms with van der Waals surface area (Å²) < 4.78 is 4.98. The molecule has 0 aliphatic carbocycles. The molecule has 0 saturated heterocycles. The van der Waals surface area contributed by atoms with E-state index in [0.29, 0.717) is 5.75 Å². The molecule has 2 rings (SSSR count). The minimum atomic E-state index is -0.332. The molecule has 0 aliphatic rings. The van der Waals surface area contributed by atoms with E-state index in [1.807, 2.05) is 31.4 Å². The first-order chi connectivity index (χ1) is 9.56. The van der Waals surface area contributed by atoms with Crippen LogP contribution in [0, 0.1) is 6.92 Å². The number of esters is 1. The lowest BCUT2D eigenvalue weighted by molar-refractivity contribution is -0.131. The minimum Gasteiger partial charge on any atom is -0.427 e. The van der Waals surface area contributed by atoms with E-state index in [1.165, 1.54) is 18.7 Å². The standard InChI is InChI=1S/C14H15N3O2S/c1-9-8-13(17-14(15-9)20-3)16-11-4-6-12(7-5-11)19-10(2)18/h4-8H,1-3H3,(H,15,16,17). The summed E-state index contributed by atoms with van der Waals surface area (Å²) in [5.41, 5.74) is 1.77. The highest BCUT2D eigenvalue weighted by molar-refractivity contribution is 7.98. The van der Waals surface area contributed by atoms with Crippen LogP contribution in [-0.4, -0.2) is 22.2 Å². The number of anilines is 2. The maximum atomic E-state index is 10.8. The van der Waals surface area contributed by atoms with Crippen LogP contribution in [0.4, 0.5) is 11.5 Å². The Bertz CT molecular complexity index is 614. The third kappa shape index (κ3) is 3.96. The maximum Gasteiger partial charge on any atom is 0.308 e. The fraction of sp³-hybridized carbons (Fsp3) is 0.214. The molecule has 6 heteroatoms. The van der Waals surface area contributed by atoms with Gasteiger partial charge in [0, 0.05) is 24.4 Å². The third-order valence-electron chi connectivity index (χ3n) is 2.40. The van der Waals surface area contributed by atoms with Crippen molar-refractivity contribution in [1.82, 2.24) is 9.97 Å². The van der Waals surface area contributed by atoms with Crippen molar-refractivity contribution in [2.75, 3.05) is 11.6 Å². The second-order valence-corrected chi connectivity index (χ2v) is 4.90. The van der Waals surface area contributed by atoms with Crippen LogP contribution in [0.15, 0.2) is 35.5 Å². The normalized spacial score (nSPS) is 10.2. The summed E-state index contributed by atoms with van der Waals surface area (Å²) in [5.74, 6) is 0.926. The lowest BCUT2D eigenvalue weighted by atomic mass is 10.3. The van der Waals surface area contributed by atoms with Crippen molar-refractivity contribution in [3.63, 3.8) is 0 Å². The molecular weight excluding hydrogens is 274 g/mol. The summed E-state index contributed by atoms with van der Waals surface area (Å²) in [7, 11) is 0. The van der Waals surface area contributed by atoms with Gasteiger partial charge in [0.2, 0.25) is 0 Å². The third-order valence-corrected chi connectivity index (χ3v) is 2.95. The van der Waals surface area contributed by atoms with Gasteiger partial charge < -0.3 is 10.1 Å². The SMILES string of the molecule is CSc1nc(C)cc(Nc2ccc(OC(C)=O)cc2)n1. The molecule has 1 N–H and O–H groups in total. The van der Waals surface area contributed by atoms with Crippen LogP contribution in [-0.2, 0) is 4.79 Å². The van der Waals surface area contributed by atoms with Crippen LogP contribution < -0.4 is 10.1 Å². The van der Waals surface area contributed by atoms with Crippen molar-refractivity contribution in [3.8, 4) is 5.75 Å². The highest BCUT2D eigenvalue weighted by Crippen LogP contribution is 2.21. The van der Waals surface area contributed by atoms with Crippen molar-refractivity contribution >= 4 is 29.2 Å². The van der Waals surface area contributed by atoms with Gasteiger partial charge in [-0.05, 0) is 37.4 Å². The van der Waals surface area contributed by atoms with Gasteiger partial charge in [0.05, 0.1) is 0 Å². The Morgan fingerprint density at radius 2 is 1.95 bits per heavy atom. The first-order valence-electron chi connectivity index (χ1n) is 6.02. The molecular formula is C14H15N3O2S. The summed E-state index contributed by atoms with van der Waals surface area (Å²) in [5, 5.41) is 3.92. The molecule has 5 nitrogen and oxygen atoms in total. The number of ether oxygens (including phenoxy) is 1. The van der Waals surface area contributed by atoms with Gasteiger partial charge in [-0.2, -0.15) is 0 Å². The van der Waals surface area contributed by atoms with Gasteiger partial charge in [-0.1, -0.05) is 11.8 Å². The summed E-state index contributed by atoms with van der Waals surface area (Å²) in [6.45, 7) is 3.30. The molecule has 0 bridgehead atoms. The summed E-state index contributed by atoms with van der Waals surface area (Å²) in [6, 6.07) is 8.99. The zero-order valence-corrected chi connectivity index (χ0v) is 12.3. The van der Waals surface area contributed by atoms with Gasteiger partial charge in [-0.3, -0.25) is 4.79 Å². The fourth-order valence-corrected chi connectivity index (χ4v) is 2.04. The Hall–Kier alpha value is -2.08. The number of nitrogens with one attached hydrogen (secondary N) is 1. The van der Waals surface area contributed by atoms with E-state index in [2.05, 4.69) is 15.3 Å². The zero-order valence-electron chi connectivity index (χ0n) is 11.5. The van der Waals surface area contributed by atoms with Crippen molar-refractivity contribution in [2.45, 2.75) is 19.0 Å². The number of carbonyl (C=O) groups is 1. The first-order valence-corrected chi connectivity index (χ1v) is 7.24. The summed E-state index contributed by atoms with van der Waals surface area (Å²) in [6.07, 6.45) is 1.94. The number of hydrogen-bond donors (Lipinski definition) is 1. The molecule has 0 unspecified atom stereocenters. The Morgan fingerprint density at radius 3 is 2.55 bits per heavy atom. The van der Waals surface area contributed by atoms with Crippen LogP contribution >= 0.6 is 11.8 Å². The van der Waals surface area contributed by atoms with E-state index in [0.717, 1.165) is 22.4 Å². The number of thioether (sulfide) groups is 1. The van der Waals surface area contributed by atoms with E-state index >= 15 is 0 Å². The van der Waals surface area contributed by atoms with E-state index in [-0.39, 0.29) is 5.97 Å². The molecule has 104 valence electrons. The molecule has 0 radical (unpaired) electrons. The van der Waals surface area contributed by atoms with Crippen molar-refractivity contribution in [1.29, 1.82) is 0 Å². The Labute approximate surface area is 121 Å². The highest BCUT2D eigenvalue weighted by atomic mass is 32.2. The van der Waals surface area contributed by atoms with Crippen molar-refractivity contribution in [3.05, 3.63) is 36.0 Å². The van der Waals surface area contributed by atoms with E-state index < -0.39 is 0 Å². The highest BCUT2D eigenvalue weighted by Gasteiger charge is 2.03. The minimum absolute atomic E-state index is 0.332. The molecule has 0 atom stereocenters. The number of carbonyl (C=O) groups excluding carboxylic acids is 1. The predicted octanol–water partition coefficient (Wildman–Crippen LogP) is 3.18. The van der Waals surface area contributed by atoms with Gasteiger partial charge in [-0.25, -0.2) is 9.97 Å². The van der Waals surface area contributed by atoms with E-state index in [4.69, 9.17) is 4.74 Å². The fourth-order valence-electron chi connectivity index (χ4n) is 1.62. The lowest BCUT2D eigenvalue weighted by Gasteiger charge is -2.08. The average molecular weight is 289 g/mol. The van der Waals surface area contributed by atoms with Gasteiger partial charge in [-0.15, -0.1) is 0 Å². The monoisotopic (exact) mass is 289 g/mol. The Morgan fingerprint density at radius 1 is 1.25 bits per heavy atom. The molecule has 0 spiro atoms. The molecule has 1 heterocycles. The number of aryl methyl sites for hydroxylation is 1. The van der Waals surface area contributed by atoms with Crippen LogP contribution in [0.1, 0.15) is 12.6 Å². The van der Waals surface area contributed by atoms with Gasteiger partial charge >= 0.3 is 5.97 Å². The molecule has 0 saturated carbocycles. The molecule has 1 aromatic carbocycles. The van der Waals surface area contributed by atoms with Gasteiger partial charge in [0.1, 0.15) is 11.6 Å². The first kappa shape index (κ1) is 14.3. The molecule has 20 heavy (non-hydrogen) atoms. The number of nitrogens with zero attached hydrogens (tertiary/aromatic N) is 2. The quantitative estimate of drug-likeness (QED) is 0.403. The van der Waals surface area contributed by atoms with Crippen LogP contribution in [0.5, 0.6) is 5.75 Å². The van der Waals surface area contributed by atoms with Crippen LogP contribution in [0.3, 0.4) is 0 Å². The average Bonchev–Trinajstić information content (AvgIpc) is 2.39. The largest absolute Gasteiger partial charge is 0.427 e.